The molecular formula is C27H30N4O7. The third kappa shape index (κ3) is 3.07. The number of aromatic hydroxyl groups is 1. The zero-order valence-electron chi connectivity index (χ0n) is 20.9. The molecule has 7 rings (SSSR count). The number of carbonyl (C=O) groups excluding carboxylic acids is 1. The molecule has 5 N–H and O–H groups in total. The second-order valence-corrected chi connectivity index (χ2v) is 11.2. The number of ether oxygens (including phenoxy) is 2. The fourth-order valence-electron chi connectivity index (χ4n) is 7.51. The first-order chi connectivity index (χ1) is 18.3. The van der Waals surface area contributed by atoms with Crippen molar-refractivity contribution < 1.29 is 34.9 Å². The van der Waals surface area contributed by atoms with Crippen LogP contribution in [0.3, 0.4) is 0 Å². The van der Waals surface area contributed by atoms with Crippen LogP contribution in [0.1, 0.15) is 36.8 Å². The van der Waals surface area contributed by atoms with Crippen LogP contribution < -0.4 is 15.3 Å². The number of methoxy groups -OCH3 is 1. The molecule has 1 spiro atoms. The molecule has 5 aliphatic rings. The second-order valence-electron chi connectivity index (χ2n) is 11.2. The summed E-state index contributed by atoms with van der Waals surface area (Å²) in [5.41, 5.74) is 0.511. The molecule has 38 heavy (non-hydrogen) atoms. The Kier molecular flexibility index (Phi) is 5.11. The van der Waals surface area contributed by atoms with E-state index < -0.39 is 28.3 Å². The Morgan fingerprint density at radius 1 is 1.32 bits per heavy atom. The van der Waals surface area contributed by atoms with E-state index in [1.54, 1.807) is 13.2 Å². The minimum Gasteiger partial charge on any atom is -0.595 e. The zero-order chi connectivity index (χ0) is 26.4. The molecule has 2 bridgehead atoms. The lowest BCUT2D eigenvalue weighted by atomic mass is 9.49. The molecule has 1 aromatic heterocycles. The van der Waals surface area contributed by atoms with Gasteiger partial charge in [0.15, 0.2) is 23.3 Å². The first-order valence-corrected chi connectivity index (χ1v) is 13.0. The predicted molar refractivity (Wildman–Crippen MR) is 133 cm³/mol. The van der Waals surface area contributed by atoms with Gasteiger partial charge in [0.25, 0.3) is 5.91 Å². The van der Waals surface area contributed by atoms with Crippen molar-refractivity contribution in [3.8, 4) is 11.5 Å². The van der Waals surface area contributed by atoms with Gasteiger partial charge in [0.2, 0.25) is 0 Å². The Morgan fingerprint density at radius 3 is 2.82 bits per heavy atom. The number of hydrogen-bond donors (Lipinski definition) is 5. The molecule has 5 atom stereocenters. The molecule has 2 aromatic rings. The van der Waals surface area contributed by atoms with Crippen LogP contribution in [0.2, 0.25) is 0 Å². The van der Waals surface area contributed by atoms with Crippen molar-refractivity contribution in [3.05, 3.63) is 58.1 Å². The average Bonchev–Trinajstić information content (AvgIpc) is 3.65. The highest BCUT2D eigenvalue weighted by Gasteiger charge is 2.74. The van der Waals surface area contributed by atoms with Crippen LogP contribution in [0.4, 0.5) is 11.5 Å². The summed E-state index contributed by atoms with van der Waals surface area (Å²) in [6, 6.07) is 6.32. The molecule has 2 aliphatic heterocycles. The van der Waals surface area contributed by atoms with Crippen LogP contribution in [0, 0.1) is 11.1 Å². The highest BCUT2D eigenvalue weighted by molar-refractivity contribution is 6.04. The number of benzene rings is 1. The maximum atomic E-state index is 13.6. The van der Waals surface area contributed by atoms with Gasteiger partial charge in [0, 0.05) is 37.7 Å². The summed E-state index contributed by atoms with van der Waals surface area (Å²) in [5, 5.41) is 44.2. The molecule has 2 fully saturated rings. The van der Waals surface area contributed by atoms with E-state index in [1.165, 1.54) is 31.2 Å². The van der Waals surface area contributed by atoms with Crippen molar-refractivity contribution in [3.63, 3.8) is 0 Å². The number of hydrogen-bond acceptors (Lipinski definition) is 9. The zero-order valence-corrected chi connectivity index (χ0v) is 20.9. The number of phenols is 1. The van der Waals surface area contributed by atoms with Crippen molar-refractivity contribution in [1.29, 1.82) is 0 Å². The number of aliphatic hydroxyl groups excluding tert-OH is 1. The van der Waals surface area contributed by atoms with Gasteiger partial charge < -0.3 is 30.2 Å². The monoisotopic (exact) mass is 522 g/mol. The van der Waals surface area contributed by atoms with Crippen molar-refractivity contribution >= 4 is 17.4 Å². The van der Waals surface area contributed by atoms with E-state index in [0.717, 1.165) is 24.2 Å². The number of anilines is 1. The van der Waals surface area contributed by atoms with E-state index in [0.29, 0.717) is 24.5 Å². The summed E-state index contributed by atoms with van der Waals surface area (Å²) < 4.78 is 12.8. The number of likely N-dealkylation sites (tertiary alicyclic amines) is 1. The molecule has 3 heterocycles. The molecule has 1 amide bonds. The Bertz CT molecular complexity index is 1360. The highest BCUT2D eigenvalue weighted by Crippen LogP contribution is 2.67. The number of nitrogens with one attached hydrogen (secondary N) is 2. The maximum absolute atomic E-state index is 13.6. The SMILES string of the molecule is COC12CC(C(=O)Nc3ccc([NH+]([O-])O)cn3)=C(O)[C@@H]3Oc4c(O)ccc5c4[C@@]31CCN(CC1CC1)[C@@H]2C5. The maximum Gasteiger partial charge on any atom is 0.256 e. The van der Waals surface area contributed by atoms with Crippen LogP contribution in [0.5, 0.6) is 11.5 Å². The predicted octanol–water partition coefficient (Wildman–Crippen LogP) is 1.47. The second kappa shape index (κ2) is 8.14. The first kappa shape index (κ1) is 23.9. The molecule has 1 saturated carbocycles. The molecule has 3 aliphatic carbocycles. The number of nitrogens with zero attached hydrogens (tertiary/aromatic N) is 2. The fraction of sp³-hybridized carbons (Fsp3) is 0.481. The summed E-state index contributed by atoms with van der Waals surface area (Å²) >= 11 is 0. The molecule has 1 aromatic carbocycles. The van der Waals surface area contributed by atoms with Crippen LogP contribution in [-0.2, 0) is 21.4 Å². The molecule has 11 nitrogen and oxygen atoms in total. The van der Waals surface area contributed by atoms with Gasteiger partial charge in [-0.3, -0.25) is 9.69 Å². The summed E-state index contributed by atoms with van der Waals surface area (Å²) in [6.07, 6.45) is 4.24. The number of aromatic nitrogens is 1. The number of rotatable bonds is 6. The van der Waals surface area contributed by atoms with Crippen molar-refractivity contribution in [2.24, 2.45) is 5.92 Å². The molecule has 2 unspecified atom stereocenters. The van der Waals surface area contributed by atoms with Gasteiger partial charge >= 0.3 is 0 Å². The quantitative estimate of drug-likeness (QED) is 0.355. The number of piperidine rings is 1. The summed E-state index contributed by atoms with van der Waals surface area (Å²) in [5.74, 6) is 0.489. The molecule has 0 radical (unpaired) electrons. The largest absolute Gasteiger partial charge is 0.595 e. The standard InChI is InChI=1S/C27H30N4O7/c1-37-27-11-17(25(34)29-20-7-5-16(12-28-20)31(35)36)22(33)24-26(27)8-9-30(13-14-2-3-14)19(27)10-15-4-6-18(32)23(38-24)21(15)26/h4-7,12,14,19,24,31-33,35H,2-3,8-11,13H2,1H3,(H,28,29,34)/t19-,24+,26+,27?/m1/s1. The van der Waals surface area contributed by atoms with Crippen molar-refractivity contribution in [2.45, 2.75) is 55.3 Å². The number of quaternary nitrogens is 1. The lowest BCUT2D eigenvalue weighted by Gasteiger charge is -2.64. The minimum absolute atomic E-state index is 0.00141. The third-order valence-electron chi connectivity index (χ3n) is 9.37. The van der Waals surface area contributed by atoms with Crippen molar-refractivity contribution in [1.82, 2.24) is 9.88 Å². The topological polar surface area (TPSA) is 152 Å². The fourth-order valence-corrected chi connectivity index (χ4v) is 7.51. The number of pyridine rings is 1. The van der Waals surface area contributed by atoms with E-state index in [9.17, 15) is 20.2 Å². The average molecular weight is 523 g/mol. The van der Waals surface area contributed by atoms with Crippen LogP contribution in [0.25, 0.3) is 0 Å². The van der Waals surface area contributed by atoms with Crippen LogP contribution in [0.15, 0.2) is 41.8 Å². The van der Waals surface area contributed by atoms with Gasteiger partial charge in [-0.2, -0.15) is 5.23 Å². The summed E-state index contributed by atoms with van der Waals surface area (Å²) in [4.78, 5) is 20.1. The minimum atomic E-state index is -1.12. The molecule has 200 valence electrons. The Morgan fingerprint density at radius 2 is 2.13 bits per heavy atom. The van der Waals surface area contributed by atoms with E-state index in [2.05, 4.69) is 15.2 Å². The van der Waals surface area contributed by atoms with Gasteiger partial charge in [0.1, 0.15) is 17.2 Å². The number of phenolic OH excluding ortho intramolecular Hbond substituents is 1. The van der Waals surface area contributed by atoms with Gasteiger partial charge in [-0.1, -0.05) is 6.07 Å². The van der Waals surface area contributed by atoms with Crippen molar-refractivity contribution in [2.75, 3.05) is 25.5 Å². The lowest BCUT2D eigenvalue weighted by Crippen LogP contribution is -2.99. The van der Waals surface area contributed by atoms with E-state index >= 15 is 0 Å². The summed E-state index contributed by atoms with van der Waals surface area (Å²) in [7, 11) is 1.67. The third-order valence-corrected chi connectivity index (χ3v) is 9.37. The number of aliphatic hydroxyl groups is 1. The Labute approximate surface area is 218 Å². The molecule has 11 heteroatoms. The number of carbonyl (C=O) groups is 1. The van der Waals surface area contributed by atoms with Gasteiger partial charge in [-0.05, 0) is 55.8 Å². The lowest BCUT2D eigenvalue weighted by molar-refractivity contribution is -0.991. The van der Waals surface area contributed by atoms with Crippen LogP contribution >= 0.6 is 0 Å². The number of amides is 1. The Hall–Kier alpha value is -3.22. The Balaban J connectivity index is 1.33. The van der Waals surface area contributed by atoms with Gasteiger partial charge in [-0.25, -0.2) is 10.2 Å². The van der Waals surface area contributed by atoms with E-state index in [-0.39, 0.29) is 41.0 Å². The van der Waals surface area contributed by atoms with E-state index in [1.807, 2.05) is 6.07 Å². The smallest absolute Gasteiger partial charge is 0.256 e. The summed E-state index contributed by atoms with van der Waals surface area (Å²) in [6.45, 7) is 1.78. The van der Waals surface area contributed by atoms with Crippen LogP contribution in [-0.4, -0.2) is 69.2 Å². The van der Waals surface area contributed by atoms with Gasteiger partial charge in [-0.15, -0.1) is 0 Å². The normalized spacial score (nSPS) is 32.0. The highest BCUT2D eigenvalue weighted by atomic mass is 16.8. The first-order valence-electron chi connectivity index (χ1n) is 13.0. The van der Waals surface area contributed by atoms with Gasteiger partial charge in [0.05, 0.1) is 17.2 Å². The molecule has 1 saturated heterocycles. The van der Waals surface area contributed by atoms with E-state index in [4.69, 9.17) is 14.7 Å². The molecular weight excluding hydrogens is 492 g/mol.